The molecule has 1 saturated carbocycles. The maximum atomic E-state index is 11.7. The maximum absolute atomic E-state index is 11.7. The van der Waals surface area contributed by atoms with Crippen LogP contribution in [0.3, 0.4) is 0 Å². The van der Waals surface area contributed by atoms with Gasteiger partial charge in [0.2, 0.25) is 0 Å². The largest absolute Gasteiger partial charge is 0.341 e. The minimum absolute atomic E-state index is 0.374. The molecule has 2 N–H and O–H groups in total. The van der Waals surface area contributed by atoms with E-state index in [2.05, 4.69) is 17.4 Å². The predicted octanol–water partition coefficient (Wildman–Crippen LogP) is 2.94. The van der Waals surface area contributed by atoms with E-state index in [1.165, 1.54) is 5.56 Å². The van der Waals surface area contributed by atoms with Gasteiger partial charge in [0.05, 0.1) is 6.54 Å². The van der Waals surface area contributed by atoms with Gasteiger partial charge >= 0.3 is 6.03 Å². The maximum Gasteiger partial charge on any atom is 0.341 e. The van der Waals surface area contributed by atoms with Gasteiger partial charge in [-0.15, -0.1) is 0 Å². The zero-order chi connectivity index (χ0) is 14.4. The molecule has 20 heavy (non-hydrogen) atoms. The third kappa shape index (κ3) is 4.42. The van der Waals surface area contributed by atoms with Crippen LogP contribution in [-0.4, -0.2) is 41.4 Å². The van der Waals surface area contributed by atoms with Gasteiger partial charge in [0.15, 0.2) is 0 Å². The molecule has 2 rings (SSSR count). The van der Waals surface area contributed by atoms with Gasteiger partial charge in [0.1, 0.15) is 0 Å². The molecular formula is C15H22N2O2S. The number of carbonyl (C=O) groups excluding carboxylic acids is 1. The van der Waals surface area contributed by atoms with Crippen molar-refractivity contribution in [2.24, 2.45) is 5.92 Å². The SMILES string of the molecule is CSCCCNC(=O)N(O)CC1CC1c1ccccc1. The zero-order valence-electron chi connectivity index (χ0n) is 11.8. The summed E-state index contributed by atoms with van der Waals surface area (Å²) >= 11 is 1.75. The van der Waals surface area contributed by atoms with Gasteiger partial charge in [-0.1, -0.05) is 30.3 Å². The molecule has 0 saturated heterocycles. The van der Waals surface area contributed by atoms with Gasteiger partial charge in [0.25, 0.3) is 0 Å². The highest BCUT2D eigenvalue weighted by atomic mass is 32.2. The van der Waals surface area contributed by atoms with E-state index < -0.39 is 0 Å². The molecule has 0 aliphatic heterocycles. The van der Waals surface area contributed by atoms with Crippen molar-refractivity contribution in [2.75, 3.05) is 25.1 Å². The Kier molecular flexibility index (Phi) is 5.73. The van der Waals surface area contributed by atoms with Gasteiger partial charge in [-0.25, -0.2) is 9.86 Å². The lowest BCUT2D eigenvalue weighted by Crippen LogP contribution is -2.39. The summed E-state index contributed by atoms with van der Waals surface area (Å²) < 4.78 is 0. The Hall–Kier alpha value is -1.20. The van der Waals surface area contributed by atoms with Crippen molar-refractivity contribution < 1.29 is 10.0 Å². The lowest BCUT2D eigenvalue weighted by Gasteiger charge is -2.15. The summed E-state index contributed by atoms with van der Waals surface area (Å²) in [4.78, 5) is 11.7. The molecule has 2 amide bonds. The number of nitrogens with zero attached hydrogens (tertiary/aromatic N) is 1. The summed E-state index contributed by atoms with van der Waals surface area (Å²) in [5, 5.41) is 13.3. The molecule has 0 spiro atoms. The number of nitrogens with one attached hydrogen (secondary N) is 1. The topological polar surface area (TPSA) is 52.6 Å². The number of hydrogen-bond acceptors (Lipinski definition) is 3. The monoisotopic (exact) mass is 294 g/mol. The summed E-state index contributed by atoms with van der Waals surface area (Å²) in [6.07, 6.45) is 4.01. The fourth-order valence-electron chi connectivity index (χ4n) is 2.37. The van der Waals surface area contributed by atoms with Crippen molar-refractivity contribution in [1.29, 1.82) is 0 Å². The second kappa shape index (κ2) is 7.55. The summed E-state index contributed by atoms with van der Waals surface area (Å²) in [7, 11) is 0. The van der Waals surface area contributed by atoms with Gasteiger partial charge in [-0.3, -0.25) is 5.21 Å². The van der Waals surface area contributed by atoms with E-state index in [4.69, 9.17) is 0 Å². The number of carbonyl (C=O) groups is 1. The second-order valence-electron chi connectivity index (χ2n) is 5.17. The molecule has 4 nitrogen and oxygen atoms in total. The molecule has 1 aliphatic rings. The Morgan fingerprint density at radius 2 is 2.20 bits per heavy atom. The number of hydrogen-bond donors (Lipinski definition) is 2. The fourth-order valence-corrected chi connectivity index (χ4v) is 2.80. The van der Waals surface area contributed by atoms with Gasteiger partial charge in [-0.2, -0.15) is 11.8 Å². The summed E-state index contributed by atoms with van der Waals surface area (Å²) in [6, 6.07) is 9.88. The normalized spacial score (nSPS) is 20.5. The summed E-state index contributed by atoms with van der Waals surface area (Å²) in [5.74, 6) is 1.87. The van der Waals surface area contributed by atoms with Crippen LogP contribution in [0.1, 0.15) is 24.3 Å². The third-order valence-corrected chi connectivity index (χ3v) is 4.29. The van der Waals surface area contributed by atoms with E-state index in [9.17, 15) is 10.0 Å². The molecule has 1 fully saturated rings. The molecule has 5 heteroatoms. The Morgan fingerprint density at radius 1 is 1.45 bits per heavy atom. The van der Waals surface area contributed by atoms with Crippen LogP contribution in [0, 0.1) is 5.92 Å². The van der Waals surface area contributed by atoms with Crippen molar-refractivity contribution in [3.05, 3.63) is 35.9 Å². The first-order valence-electron chi connectivity index (χ1n) is 7.00. The van der Waals surface area contributed by atoms with Gasteiger partial charge < -0.3 is 5.32 Å². The van der Waals surface area contributed by atoms with E-state index in [0.717, 1.165) is 23.7 Å². The van der Waals surface area contributed by atoms with E-state index in [0.29, 0.717) is 24.9 Å². The fraction of sp³-hybridized carbons (Fsp3) is 0.533. The van der Waals surface area contributed by atoms with Crippen LogP contribution in [-0.2, 0) is 0 Å². The van der Waals surface area contributed by atoms with E-state index in [1.54, 1.807) is 11.8 Å². The van der Waals surface area contributed by atoms with Crippen LogP contribution in [0.15, 0.2) is 30.3 Å². The van der Waals surface area contributed by atoms with Gasteiger partial charge in [-0.05, 0) is 42.2 Å². The summed E-state index contributed by atoms with van der Waals surface area (Å²) in [6.45, 7) is 1.03. The Bertz CT molecular complexity index is 427. The van der Waals surface area contributed by atoms with E-state index in [1.807, 2.05) is 24.5 Å². The Labute approximate surface area is 124 Å². The highest BCUT2D eigenvalue weighted by molar-refractivity contribution is 7.98. The zero-order valence-corrected chi connectivity index (χ0v) is 12.6. The number of rotatable bonds is 7. The molecule has 110 valence electrons. The molecular weight excluding hydrogens is 272 g/mol. The van der Waals surface area contributed by atoms with Crippen LogP contribution in [0.25, 0.3) is 0 Å². The number of hydroxylamine groups is 2. The molecule has 1 aromatic rings. The standard InChI is InChI=1S/C15H22N2O2S/c1-20-9-5-8-16-15(18)17(19)11-13-10-14(13)12-6-3-2-4-7-12/h2-4,6-7,13-14,19H,5,8-11H2,1H3,(H,16,18). The van der Waals surface area contributed by atoms with Crippen molar-refractivity contribution in [3.8, 4) is 0 Å². The van der Waals surface area contributed by atoms with Crippen molar-refractivity contribution in [1.82, 2.24) is 10.4 Å². The third-order valence-electron chi connectivity index (χ3n) is 3.59. The van der Waals surface area contributed by atoms with Crippen LogP contribution in [0.4, 0.5) is 4.79 Å². The van der Waals surface area contributed by atoms with Crippen LogP contribution in [0.2, 0.25) is 0 Å². The van der Waals surface area contributed by atoms with E-state index in [-0.39, 0.29) is 6.03 Å². The van der Waals surface area contributed by atoms with E-state index >= 15 is 0 Å². The molecule has 2 unspecified atom stereocenters. The lowest BCUT2D eigenvalue weighted by atomic mass is 10.1. The number of benzene rings is 1. The lowest BCUT2D eigenvalue weighted by molar-refractivity contribution is -0.0468. The number of thioether (sulfide) groups is 1. The molecule has 1 aliphatic carbocycles. The first kappa shape index (κ1) is 15.2. The molecule has 0 bridgehead atoms. The Morgan fingerprint density at radius 3 is 2.90 bits per heavy atom. The summed E-state index contributed by atoms with van der Waals surface area (Å²) in [5.41, 5.74) is 1.30. The smallest absolute Gasteiger partial charge is 0.336 e. The van der Waals surface area contributed by atoms with Gasteiger partial charge in [0, 0.05) is 6.54 Å². The van der Waals surface area contributed by atoms with Crippen LogP contribution < -0.4 is 5.32 Å². The molecule has 0 radical (unpaired) electrons. The Balaban J connectivity index is 1.68. The first-order chi connectivity index (χ1) is 9.72. The average molecular weight is 294 g/mol. The minimum atomic E-state index is -0.384. The quantitative estimate of drug-likeness (QED) is 0.462. The minimum Gasteiger partial charge on any atom is -0.336 e. The number of urea groups is 1. The van der Waals surface area contributed by atoms with Crippen molar-refractivity contribution in [3.63, 3.8) is 0 Å². The molecule has 1 aromatic carbocycles. The highest BCUT2D eigenvalue weighted by Crippen LogP contribution is 2.47. The predicted molar refractivity (Wildman–Crippen MR) is 82.2 cm³/mol. The van der Waals surface area contributed by atoms with Crippen molar-refractivity contribution >= 4 is 17.8 Å². The molecule has 0 aromatic heterocycles. The van der Waals surface area contributed by atoms with Crippen LogP contribution >= 0.6 is 11.8 Å². The number of amides is 2. The second-order valence-corrected chi connectivity index (χ2v) is 6.16. The van der Waals surface area contributed by atoms with Crippen LogP contribution in [0.5, 0.6) is 0 Å². The molecule has 0 heterocycles. The molecule has 2 atom stereocenters. The van der Waals surface area contributed by atoms with Crippen molar-refractivity contribution in [2.45, 2.75) is 18.8 Å². The average Bonchev–Trinajstić information content (AvgIpc) is 3.23. The highest BCUT2D eigenvalue weighted by Gasteiger charge is 2.39. The first-order valence-corrected chi connectivity index (χ1v) is 8.40.